The number of nitrogens with zero attached hydrogens (tertiary/aromatic N) is 2. The molecule has 8 aromatic carbocycles. The Morgan fingerprint density at radius 3 is 2.08 bits per heavy atom. The molecule has 0 unspecified atom stereocenters. The van der Waals surface area contributed by atoms with Crippen LogP contribution in [0.15, 0.2) is 144 Å². The first-order valence-corrected chi connectivity index (χ1v) is 23.7. The second kappa shape index (κ2) is 12.0. The van der Waals surface area contributed by atoms with Crippen molar-refractivity contribution in [2.45, 2.75) is 71.6 Å². The monoisotopic (exact) mass is 842 g/mol. The summed E-state index contributed by atoms with van der Waals surface area (Å²) < 4.78 is 12.6. The van der Waals surface area contributed by atoms with E-state index in [1.807, 2.05) is 11.3 Å². The maximum atomic E-state index is 7.35. The van der Waals surface area contributed by atoms with Crippen molar-refractivity contribution in [2.75, 3.05) is 4.81 Å². The van der Waals surface area contributed by atoms with Gasteiger partial charge >= 0.3 is 6.85 Å². The minimum absolute atomic E-state index is 0.0238. The van der Waals surface area contributed by atoms with Crippen LogP contribution >= 0.6 is 11.3 Å². The maximum absolute atomic E-state index is 7.35. The third kappa shape index (κ3) is 4.58. The molecule has 2 aliphatic heterocycles. The highest BCUT2D eigenvalue weighted by Crippen LogP contribution is 2.57. The maximum Gasteiger partial charge on any atom is 0.333 e. The van der Waals surface area contributed by atoms with E-state index in [0.717, 1.165) is 11.2 Å². The van der Waals surface area contributed by atoms with Gasteiger partial charge < -0.3 is 13.8 Å². The third-order valence-electron chi connectivity index (χ3n) is 15.3. The summed E-state index contributed by atoms with van der Waals surface area (Å²) in [7, 11) is 0. The number of thiophene rings is 1. The molecule has 14 rings (SSSR count). The highest BCUT2D eigenvalue weighted by Gasteiger charge is 2.48. The Kier molecular flexibility index (Phi) is 6.89. The first-order valence-electron chi connectivity index (χ1n) is 22.9. The molecule has 0 atom stereocenters. The van der Waals surface area contributed by atoms with Crippen molar-refractivity contribution in [1.82, 2.24) is 4.57 Å². The third-order valence-corrected chi connectivity index (χ3v) is 16.4. The van der Waals surface area contributed by atoms with E-state index in [-0.39, 0.29) is 23.1 Å². The molecule has 11 aromatic rings. The molecule has 5 heteroatoms. The Balaban J connectivity index is 1.23. The fraction of sp³-hybridized carbons (Fsp3) is 0.186. The smallest absolute Gasteiger partial charge is 0.333 e. The number of furan rings is 1. The molecule has 0 bridgehead atoms. The minimum atomic E-state index is -0.179. The van der Waals surface area contributed by atoms with Gasteiger partial charge in [0.2, 0.25) is 0 Å². The average molecular weight is 843 g/mol. The Hall–Kier alpha value is -6.56. The van der Waals surface area contributed by atoms with Gasteiger partial charge in [0, 0.05) is 75.3 Å². The normalized spacial score (nSPS) is 14.9. The van der Waals surface area contributed by atoms with Gasteiger partial charge in [-0.2, -0.15) is 0 Å². The molecule has 0 spiro atoms. The van der Waals surface area contributed by atoms with Crippen LogP contribution in [-0.2, 0) is 16.2 Å². The number of fused-ring (bicyclic) bond motifs is 19. The van der Waals surface area contributed by atoms with Gasteiger partial charge in [-0.25, -0.2) is 0 Å². The Bertz CT molecular complexity index is 3900. The number of para-hydroxylation sites is 1. The first kappa shape index (κ1) is 36.9. The predicted octanol–water partition coefficient (Wildman–Crippen LogP) is 15.2. The zero-order valence-corrected chi connectivity index (χ0v) is 38.4. The van der Waals surface area contributed by atoms with Gasteiger partial charge in [-0.05, 0) is 110 Å². The van der Waals surface area contributed by atoms with Crippen molar-refractivity contribution in [2.24, 2.45) is 0 Å². The first-order chi connectivity index (χ1) is 30.8. The second-order valence-electron chi connectivity index (χ2n) is 21.3. The fourth-order valence-corrected chi connectivity index (χ4v) is 13.2. The van der Waals surface area contributed by atoms with Crippen LogP contribution in [0.2, 0.25) is 0 Å². The fourth-order valence-electron chi connectivity index (χ4n) is 12.1. The van der Waals surface area contributed by atoms with Crippen molar-refractivity contribution in [3.63, 3.8) is 0 Å². The Labute approximate surface area is 377 Å². The van der Waals surface area contributed by atoms with Crippen LogP contribution in [0, 0.1) is 0 Å². The molecule has 0 radical (unpaired) electrons. The summed E-state index contributed by atoms with van der Waals surface area (Å²) in [6, 6.07) is 53.7. The van der Waals surface area contributed by atoms with Crippen LogP contribution in [0.1, 0.15) is 77.6 Å². The summed E-state index contributed by atoms with van der Waals surface area (Å²) in [6.45, 7) is 18.6. The molecule has 64 heavy (non-hydrogen) atoms. The summed E-state index contributed by atoms with van der Waals surface area (Å²) in [5, 5.41) is 7.57. The molecule has 0 saturated heterocycles. The van der Waals surface area contributed by atoms with Crippen molar-refractivity contribution >= 4 is 104 Å². The summed E-state index contributed by atoms with van der Waals surface area (Å²) in [5.74, 6) is 0. The Morgan fingerprint density at radius 2 is 1.28 bits per heavy atom. The van der Waals surface area contributed by atoms with E-state index < -0.39 is 0 Å². The lowest BCUT2D eigenvalue weighted by Gasteiger charge is -2.42. The van der Waals surface area contributed by atoms with Gasteiger partial charge in [-0.3, -0.25) is 0 Å². The van der Waals surface area contributed by atoms with Crippen LogP contribution < -0.4 is 15.7 Å². The zero-order valence-electron chi connectivity index (χ0n) is 37.6. The van der Waals surface area contributed by atoms with Crippen molar-refractivity contribution in [3.05, 3.63) is 162 Å². The lowest BCUT2D eigenvalue weighted by atomic mass is 9.43. The quantitative estimate of drug-likeness (QED) is 0.154. The predicted molar refractivity (Wildman–Crippen MR) is 275 cm³/mol. The highest BCUT2D eigenvalue weighted by atomic mass is 32.1. The minimum Gasteiger partial charge on any atom is -0.455 e. The zero-order chi connectivity index (χ0) is 43.3. The van der Waals surface area contributed by atoms with E-state index in [0.29, 0.717) is 0 Å². The van der Waals surface area contributed by atoms with E-state index in [9.17, 15) is 0 Å². The summed E-state index contributed by atoms with van der Waals surface area (Å²) in [6.07, 6.45) is 0. The van der Waals surface area contributed by atoms with Gasteiger partial charge in [0.05, 0.1) is 11.0 Å². The number of hydrogen-bond donors (Lipinski definition) is 0. The molecule has 3 nitrogen and oxygen atoms in total. The van der Waals surface area contributed by atoms with Gasteiger partial charge in [0.25, 0.3) is 0 Å². The van der Waals surface area contributed by atoms with Crippen LogP contribution in [0.4, 0.5) is 11.4 Å². The summed E-state index contributed by atoms with van der Waals surface area (Å²) in [4.78, 5) is 2.70. The molecule has 5 heterocycles. The van der Waals surface area contributed by atoms with Gasteiger partial charge in [0.1, 0.15) is 11.2 Å². The molecule has 3 aliphatic rings. The lowest BCUT2D eigenvalue weighted by molar-refractivity contribution is 0.590. The SMILES string of the molecule is CC(C)(C)c1ccc(N2B3c4cc5c(cc4-n4c6ccc(C(C)(C)C)cc6c6c7c(oc8ccccc87)c(c3c64)-c3cc4c(cc32)-c2ccccc2C4(C)C)sc2ccccc25)cc1. The highest BCUT2D eigenvalue weighted by molar-refractivity contribution is 7.26. The molecule has 0 fully saturated rings. The van der Waals surface area contributed by atoms with E-state index in [1.165, 1.54) is 125 Å². The van der Waals surface area contributed by atoms with E-state index in [2.05, 4.69) is 204 Å². The number of anilines is 2. The number of rotatable bonds is 1. The molecule has 0 saturated carbocycles. The van der Waals surface area contributed by atoms with Gasteiger partial charge in [-0.1, -0.05) is 140 Å². The standard InChI is InChI=1S/C59H47BN2OS/c1-57(2,3)32-21-24-34(25-22-32)62-46-30-38-35-15-9-12-18-42(35)59(7,8)43(38)28-41(46)53-54-55-51(52-37-17-10-13-19-48(37)63-56(52)53)40-27-33(58(4,5)6)23-26-45(40)61(55)47-31-50-39(29-44(47)60(54)62)36-16-11-14-20-49(36)64-50/h9-31H,1-8H3. The van der Waals surface area contributed by atoms with E-state index in [4.69, 9.17) is 4.42 Å². The largest absolute Gasteiger partial charge is 0.455 e. The van der Waals surface area contributed by atoms with Crippen LogP contribution in [-0.4, -0.2) is 11.4 Å². The molecule has 308 valence electrons. The van der Waals surface area contributed by atoms with Crippen molar-refractivity contribution in [3.8, 4) is 27.9 Å². The summed E-state index contributed by atoms with van der Waals surface area (Å²) >= 11 is 1.91. The second-order valence-corrected chi connectivity index (χ2v) is 22.4. The van der Waals surface area contributed by atoms with Crippen LogP contribution in [0.5, 0.6) is 0 Å². The molecule has 1 aliphatic carbocycles. The topological polar surface area (TPSA) is 21.3 Å². The molecule has 0 N–H and O–H groups in total. The van der Waals surface area contributed by atoms with E-state index >= 15 is 0 Å². The van der Waals surface area contributed by atoms with Crippen molar-refractivity contribution in [1.29, 1.82) is 0 Å². The summed E-state index contributed by atoms with van der Waals surface area (Å²) in [5.41, 5.74) is 21.0. The molecular weight excluding hydrogens is 796 g/mol. The van der Waals surface area contributed by atoms with Crippen LogP contribution in [0.3, 0.4) is 0 Å². The van der Waals surface area contributed by atoms with Gasteiger partial charge in [-0.15, -0.1) is 11.3 Å². The Morgan fingerprint density at radius 1 is 0.562 bits per heavy atom. The molecular formula is C59H47BN2OS. The molecule has 3 aromatic heterocycles. The van der Waals surface area contributed by atoms with Gasteiger partial charge in [0.15, 0.2) is 0 Å². The van der Waals surface area contributed by atoms with Crippen molar-refractivity contribution < 1.29 is 4.42 Å². The molecule has 0 amide bonds. The van der Waals surface area contributed by atoms with Crippen LogP contribution in [0.25, 0.3) is 91.9 Å². The number of hydrogen-bond acceptors (Lipinski definition) is 3. The number of benzene rings is 8. The van der Waals surface area contributed by atoms with E-state index in [1.54, 1.807) is 0 Å². The average Bonchev–Trinajstić information content (AvgIpc) is 4.00. The lowest BCUT2D eigenvalue weighted by Crippen LogP contribution is -2.60. The number of aromatic nitrogens is 1.